The van der Waals surface area contributed by atoms with E-state index in [2.05, 4.69) is 5.32 Å². The molecule has 114 valence electrons. The Morgan fingerprint density at radius 3 is 2.71 bits per heavy atom. The lowest BCUT2D eigenvalue weighted by molar-refractivity contribution is -0.124. The predicted octanol–water partition coefficient (Wildman–Crippen LogP) is 2.79. The molecule has 0 spiro atoms. The molecule has 2 heterocycles. The fraction of sp³-hybridized carbons (Fsp3) is 0.500. The summed E-state index contributed by atoms with van der Waals surface area (Å²) in [6.45, 7) is 3.81. The molecule has 1 amide bonds. The molecule has 1 aliphatic heterocycles. The Labute approximate surface area is 136 Å². The minimum Gasteiger partial charge on any atom is -0.344 e. The highest BCUT2D eigenvalue weighted by atomic mass is 32.2. The van der Waals surface area contributed by atoms with Crippen molar-refractivity contribution in [1.29, 1.82) is 0 Å². The molecule has 21 heavy (non-hydrogen) atoms. The summed E-state index contributed by atoms with van der Waals surface area (Å²) in [6.07, 6.45) is 0.670. The third-order valence-corrected chi connectivity index (χ3v) is 6.53. The highest BCUT2D eigenvalue weighted by molar-refractivity contribution is 8.15. The van der Waals surface area contributed by atoms with Crippen LogP contribution in [-0.2, 0) is 9.59 Å². The monoisotopic (exact) mass is 343 g/mol. The van der Waals surface area contributed by atoms with Gasteiger partial charge in [-0.15, -0.1) is 11.3 Å². The van der Waals surface area contributed by atoms with Crippen molar-refractivity contribution >= 4 is 51.0 Å². The maximum Gasteiger partial charge on any atom is 0.234 e. The third-order valence-electron chi connectivity index (χ3n) is 3.07. The Balaban J connectivity index is 1.99. The third kappa shape index (κ3) is 4.34. The highest BCUT2D eigenvalue weighted by Gasteiger charge is 2.32. The normalized spacial score (nSPS) is 19.8. The molecule has 1 N–H and O–H groups in total. The zero-order chi connectivity index (χ0) is 15.4. The number of hydrogen-bond donors (Lipinski definition) is 1. The molecule has 1 fully saturated rings. The van der Waals surface area contributed by atoms with Crippen LogP contribution in [0, 0.1) is 5.92 Å². The molecule has 1 aromatic heterocycles. The van der Waals surface area contributed by atoms with Crippen LogP contribution in [0.15, 0.2) is 17.5 Å². The molecule has 1 saturated heterocycles. The Morgan fingerprint density at radius 1 is 1.43 bits per heavy atom. The van der Waals surface area contributed by atoms with Crippen molar-refractivity contribution in [3.05, 3.63) is 22.4 Å². The van der Waals surface area contributed by atoms with Gasteiger partial charge < -0.3 is 5.32 Å². The van der Waals surface area contributed by atoms with Crippen molar-refractivity contribution in [2.45, 2.75) is 31.6 Å². The van der Waals surface area contributed by atoms with Crippen molar-refractivity contribution in [2.24, 2.45) is 5.92 Å². The van der Waals surface area contributed by atoms with Crippen molar-refractivity contribution in [3.63, 3.8) is 0 Å². The number of nitrogens with one attached hydrogen (secondary N) is 1. The lowest BCUT2D eigenvalue weighted by Gasteiger charge is -2.20. The summed E-state index contributed by atoms with van der Waals surface area (Å²) in [4.78, 5) is 36.7. The summed E-state index contributed by atoms with van der Waals surface area (Å²) < 4.78 is 0. The van der Waals surface area contributed by atoms with Crippen LogP contribution in [0.5, 0.6) is 0 Å². The molecule has 2 rings (SSSR count). The molecular formula is C14H17NO3S3. The number of rotatable bonds is 5. The number of hydrogen-bond acceptors (Lipinski definition) is 6. The first kappa shape index (κ1) is 16.6. The van der Waals surface area contributed by atoms with Gasteiger partial charge in [-0.1, -0.05) is 43.4 Å². The summed E-state index contributed by atoms with van der Waals surface area (Å²) in [5.41, 5.74) is 0. The highest BCUT2D eigenvalue weighted by Crippen LogP contribution is 2.27. The van der Waals surface area contributed by atoms with Crippen LogP contribution < -0.4 is 5.32 Å². The molecule has 4 nitrogen and oxygen atoms in total. The first-order valence-corrected chi connectivity index (χ1v) is 9.45. The van der Waals surface area contributed by atoms with Gasteiger partial charge in [0.2, 0.25) is 16.1 Å². The zero-order valence-corrected chi connectivity index (χ0v) is 14.3. The number of thiophene rings is 1. The van der Waals surface area contributed by atoms with E-state index in [0.717, 1.165) is 17.5 Å². The van der Waals surface area contributed by atoms with E-state index in [-0.39, 0.29) is 22.1 Å². The van der Waals surface area contributed by atoms with Gasteiger partial charge >= 0.3 is 0 Å². The minimum absolute atomic E-state index is 0.0143. The fourth-order valence-corrected chi connectivity index (χ4v) is 4.58. The second kappa shape index (κ2) is 7.47. The summed E-state index contributed by atoms with van der Waals surface area (Å²) in [5.74, 6) is 0.543. The van der Waals surface area contributed by atoms with Crippen molar-refractivity contribution in [1.82, 2.24) is 5.32 Å². The maximum absolute atomic E-state index is 12.3. The molecule has 7 heteroatoms. The van der Waals surface area contributed by atoms with Gasteiger partial charge in [0.25, 0.3) is 0 Å². The molecule has 2 unspecified atom stereocenters. The predicted molar refractivity (Wildman–Crippen MR) is 88.9 cm³/mol. The zero-order valence-electron chi connectivity index (χ0n) is 11.8. The lowest BCUT2D eigenvalue weighted by atomic mass is 10.1. The molecule has 1 aliphatic rings. The van der Waals surface area contributed by atoms with E-state index in [4.69, 9.17) is 0 Å². The minimum atomic E-state index is -0.474. The van der Waals surface area contributed by atoms with E-state index in [1.807, 2.05) is 25.3 Å². The van der Waals surface area contributed by atoms with Gasteiger partial charge in [-0.3, -0.25) is 14.4 Å². The quantitative estimate of drug-likeness (QED) is 0.891. The van der Waals surface area contributed by atoms with Gasteiger partial charge in [-0.2, -0.15) is 0 Å². The molecule has 0 aromatic carbocycles. The van der Waals surface area contributed by atoms with E-state index in [0.29, 0.717) is 11.3 Å². The second-order valence-corrected chi connectivity index (χ2v) is 8.23. The van der Waals surface area contributed by atoms with Crippen LogP contribution in [0.4, 0.5) is 0 Å². The van der Waals surface area contributed by atoms with Gasteiger partial charge in [-0.05, 0) is 23.8 Å². The van der Waals surface area contributed by atoms with E-state index in [9.17, 15) is 14.4 Å². The first-order valence-electron chi connectivity index (χ1n) is 6.70. The Hall–Kier alpha value is -0.790. The van der Waals surface area contributed by atoms with E-state index >= 15 is 0 Å². The van der Waals surface area contributed by atoms with Crippen LogP contribution in [0.2, 0.25) is 0 Å². The molecule has 0 aliphatic carbocycles. The molecule has 1 aromatic rings. The Bertz CT molecular complexity index is 528. The maximum atomic E-state index is 12.3. The summed E-state index contributed by atoms with van der Waals surface area (Å²) in [6, 6.07) is 3.17. The van der Waals surface area contributed by atoms with Crippen molar-refractivity contribution in [3.8, 4) is 0 Å². The van der Waals surface area contributed by atoms with Crippen LogP contribution in [0.3, 0.4) is 0 Å². The first-order chi connectivity index (χ1) is 9.99. The van der Waals surface area contributed by atoms with Crippen LogP contribution in [0.25, 0.3) is 0 Å². The number of carbonyl (C=O) groups is 3. The summed E-state index contributed by atoms with van der Waals surface area (Å²) in [7, 11) is 0. The summed E-state index contributed by atoms with van der Waals surface area (Å²) >= 11 is 3.67. The van der Waals surface area contributed by atoms with Gasteiger partial charge in [0, 0.05) is 5.75 Å². The Morgan fingerprint density at radius 2 is 2.19 bits per heavy atom. The lowest BCUT2D eigenvalue weighted by Crippen LogP contribution is -2.44. The molecule has 2 atom stereocenters. The van der Waals surface area contributed by atoms with Crippen LogP contribution in [0.1, 0.15) is 29.9 Å². The smallest absolute Gasteiger partial charge is 0.234 e. The fourth-order valence-electron chi connectivity index (χ4n) is 1.94. The average molecular weight is 343 g/mol. The van der Waals surface area contributed by atoms with Crippen LogP contribution >= 0.6 is 34.9 Å². The van der Waals surface area contributed by atoms with Crippen LogP contribution in [-0.4, -0.2) is 33.2 Å². The number of thioether (sulfide) groups is 2. The topological polar surface area (TPSA) is 63.2 Å². The molecule has 0 saturated carbocycles. The second-order valence-electron chi connectivity index (χ2n) is 5.06. The van der Waals surface area contributed by atoms with E-state index < -0.39 is 11.3 Å². The van der Waals surface area contributed by atoms with Gasteiger partial charge in [0.05, 0.1) is 16.2 Å². The van der Waals surface area contributed by atoms with E-state index in [1.165, 1.54) is 23.1 Å². The van der Waals surface area contributed by atoms with Crippen molar-refractivity contribution in [2.75, 3.05) is 5.75 Å². The average Bonchev–Trinajstić information content (AvgIpc) is 3.08. The summed E-state index contributed by atoms with van der Waals surface area (Å²) in [5, 5.41) is 4.07. The van der Waals surface area contributed by atoms with Gasteiger partial charge in [0.15, 0.2) is 0 Å². The standard InChI is InChI=1S/C14H17NO3S3/c1-8(2)11(21-14(18)10-4-3-6-19-10)12(16)15-9-5-7-20-13(9)17/h3-4,6,8-9,11H,5,7H2,1-2H3,(H,15,16). The number of amides is 1. The molecular weight excluding hydrogens is 326 g/mol. The van der Waals surface area contributed by atoms with Crippen molar-refractivity contribution < 1.29 is 14.4 Å². The number of carbonyl (C=O) groups excluding carboxylic acids is 3. The van der Waals surface area contributed by atoms with E-state index in [1.54, 1.807) is 6.07 Å². The van der Waals surface area contributed by atoms with Gasteiger partial charge in [0.1, 0.15) is 0 Å². The molecule has 0 radical (unpaired) electrons. The molecule has 0 bridgehead atoms. The van der Waals surface area contributed by atoms with Gasteiger partial charge in [-0.25, -0.2) is 0 Å². The Kier molecular flexibility index (Phi) is 5.89. The largest absolute Gasteiger partial charge is 0.344 e. The SMILES string of the molecule is CC(C)C(SC(=O)c1cccs1)C(=O)NC1CCSC1=O.